The zero-order valence-electron chi connectivity index (χ0n) is 57.5. The highest BCUT2D eigenvalue weighted by atomic mass is 16.8. The van der Waals surface area contributed by atoms with Crippen LogP contribution in [0.4, 0.5) is 0 Å². The summed E-state index contributed by atoms with van der Waals surface area (Å²) in [5.74, 6) is -8.18. The number of pyridine rings is 1. The fourth-order valence-electron chi connectivity index (χ4n) is 12.8. The minimum atomic E-state index is -3.50. The molecule has 1 aromatic heterocycles. The maximum absolute atomic E-state index is 13.7. The minimum absolute atomic E-state index is 0. The Hall–Kier alpha value is -4.31. The van der Waals surface area contributed by atoms with Crippen LogP contribution in [-0.2, 0) is 66.5 Å². The Bertz CT molecular complexity index is 2600. The Labute approximate surface area is 585 Å². The second-order valence-corrected chi connectivity index (χ2v) is 26.1. The van der Waals surface area contributed by atoms with Crippen molar-refractivity contribution in [2.75, 3.05) is 39.6 Å². The largest absolute Gasteiger partial charge is 0.544 e. The fourth-order valence-corrected chi connectivity index (χ4v) is 12.8. The van der Waals surface area contributed by atoms with Gasteiger partial charge in [0.15, 0.2) is 25.2 Å². The zero-order chi connectivity index (χ0) is 73.4. The van der Waals surface area contributed by atoms with Gasteiger partial charge >= 0.3 is 0 Å². The number of quaternary nitrogens is 1. The van der Waals surface area contributed by atoms with Gasteiger partial charge in [0.2, 0.25) is 23.5 Å². The Morgan fingerprint density at radius 1 is 0.604 bits per heavy atom. The lowest BCUT2D eigenvalue weighted by molar-refractivity contribution is -0.421. The summed E-state index contributed by atoms with van der Waals surface area (Å²) in [7, 11) is 0. The molecule has 1 aromatic rings. The van der Waals surface area contributed by atoms with E-state index >= 15 is 0 Å². The predicted octanol–water partition coefficient (Wildman–Crippen LogP) is -6.15. The van der Waals surface area contributed by atoms with Crippen molar-refractivity contribution in [2.24, 2.45) is 0 Å². The number of carboxylic acids is 1. The molecule has 3 amide bonds. The van der Waals surface area contributed by atoms with Crippen LogP contribution in [0, 0.1) is 0 Å². The van der Waals surface area contributed by atoms with Crippen LogP contribution in [0.3, 0.4) is 0 Å². The van der Waals surface area contributed by atoms with Crippen LogP contribution in [0.1, 0.15) is 136 Å². The van der Waals surface area contributed by atoms with Crippen molar-refractivity contribution < 1.29 is 153 Å². The quantitative estimate of drug-likeness (QED) is 0.0271. The molecule has 101 heavy (non-hydrogen) atoms. The molecule has 23 N–H and O–H groups in total. The first-order valence-electron chi connectivity index (χ1n) is 34.5. The third kappa shape index (κ3) is 24.4. The van der Waals surface area contributed by atoms with Gasteiger partial charge in [-0.1, -0.05) is 109 Å². The number of carboxylic acid groups (broad SMARTS) is 1. The molecule has 0 bridgehead atoms. The summed E-state index contributed by atoms with van der Waals surface area (Å²) < 4.78 is 59.5. The van der Waals surface area contributed by atoms with Crippen molar-refractivity contribution in [3.05, 3.63) is 36.2 Å². The molecule has 5 fully saturated rings. The number of nitrogens with one attached hydrogen (secondary N) is 3. The van der Waals surface area contributed by atoms with E-state index in [0.29, 0.717) is 12.1 Å². The van der Waals surface area contributed by atoms with Crippen LogP contribution < -0.4 is 27.2 Å². The zero-order valence-corrected chi connectivity index (χ0v) is 57.5. The number of hydrogen-bond acceptors (Lipinski definition) is 32. The normalized spacial score (nSPS) is 35.8. The third-order valence-electron chi connectivity index (χ3n) is 18.4. The van der Waals surface area contributed by atoms with Crippen molar-refractivity contribution in [1.29, 1.82) is 0 Å². The lowest BCUT2D eigenvalue weighted by atomic mass is 9.88. The van der Waals surface area contributed by atoms with Gasteiger partial charge in [-0.15, -0.1) is 0 Å². The van der Waals surface area contributed by atoms with E-state index in [0.717, 1.165) is 46.0 Å². The van der Waals surface area contributed by atoms with Crippen LogP contribution in [-0.4, -0.2) is 321 Å². The molecule has 28 atom stereocenters. The molecule has 582 valence electrons. The van der Waals surface area contributed by atoms with E-state index in [1.54, 1.807) is 18.2 Å². The Kier molecular flexibility index (Phi) is 37.5. The van der Waals surface area contributed by atoms with E-state index in [-0.39, 0.29) is 12.6 Å². The maximum atomic E-state index is 13.7. The molecule has 36 nitrogen and oxygen atoms in total. The SMILES string of the molecule is CCCCCCCCCCCCCCCCCC(=O)N[C@@H](CO[C@@H]1O[C@H](CO)[C@@H](O[C@@H]2O[C@H](CO)[C@H](O[C@@H]3O[C@H](CO)[C@H](O)[C@H](O[C@@H]4O[C@H](CO)[C@H](O)[C@H](O)[C@H]4O)[C@H]3NC(C)=O)[C@H](O[C@]3(C(=O)[O-])C[C@H](O)C(NC(C)=O)C([C@H](O)[C@H](O)CO)O3)[C@H]2O)[C@H](O)[C@H]1O)[C@H](O)/C=C/c1ccccn1.[NH4+]. The maximum Gasteiger partial charge on any atom is 0.220 e. The number of carbonyl (C=O) groups is 4. The highest BCUT2D eigenvalue weighted by Gasteiger charge is 2.60. The lowest BCUT2D eigenvalue weighted by Crippen LogP contribution is -2.73. The summed E-state index contributed by atoms with van der Waals surface area (Å²) in [5, 5.41) is 198. The summed E-state index contributed by atoms with van der Waals surface area (Å²) in [4.78, 5) is 56.8. The molecule has 2 unspecified atom stereocenters. The van der Waals surface area contributed by atoms with Gasteiger partial charge in [-0.05, 0) is 24.6 Å². The summed E-state index contributed by atoms with van der Waals surface area (Å²) in [6.07, 6.45) is -30.2. The van der Waals surface area contributed by atoms with Crippen LogP contribution >= 0.6 is 0 Å². The number of nitrogens with zero attached hydrogens (tertiary/aromatic N) is 1. The van der Waals surface area contributed by atoms with Gasteiger partial charge in [-0.3, -0.25) is 19.4 Å². The van der Waals surface area contributed by atoms with Crippen molar-refractivity contribution >= 4 is 29.8 Å². The van der Waals surface area contributed by atoms with Crippen molar-refractivity contribution in [3.63, 3.8) is 0 Å². The van der Waals surface area contributed by atoms with Gasteiger partial charge in [0.05, 0.1) is 69.6 Å². The second kappa shape index (κ2) is 43.3. The number of rotatable bonds is 41. The average Bonchev–Trinajstić information content (AvgIpc) is 0.749. The molecule has 5 aliphatic rings. The molecule has 0 saturated carbocycles. The van der Waals surface area contributed by atoms with E-state index in [4.69, 9.17) is 47.4 Å². The Balaban J connectivity index is 0.0000184. The van der Waals surface area contributed by atoms with Crippen molar-refractivity contribution in [1.82, 2.24) is 27.1 Å². The number of hydrogen-bond donors (Lipinski definition) is 20. The fraction of sp³-hybridized carbons (Fsp3) is 0.831. The predicted molar refractivity (Wildman–Crippen MR) is 345 cm³/mol. The molecular formula is C65H111N5O31. The summed E-state index contributed by atoms with van der Waals surface area (Å²) in [5.41, 5.74) is 0.455. The lowest BCUT2D eigenvalue weighted by Gasteiger charge is -2.54. The van der Waals surface area contributed by atoms with Gasteiger partial charge in [0.1, 0.15) is 122 Å². The van der Waals surface area contributed by atoms with Crippen molar-refractivity contribution in [3.8, 4) is 0 Å². The average molecular weight is 1460 g/mol. The first kappa shape index (κ1) is 87.3. The molecule has 0 radical (unpaired) electrons. The highest BCUT2D eigenvalue weighted by molar-refractivity contribution is 5.76. The molecule has 6 rings (SSSR count). The summed E-state index contributed by atoms with van der Waals surface area (Å²) in [6.45, 7) is -2.10. The van der Waals surface area contributed by atoms with Gasteiger partial charge in [0.25, 0.3) is 0 Å². The number of ether oxygens (including phenoxy) is 10. The molecule has 5 saturated heterocycles. The highest BCUT2D eigenvalue weighted by Crippen LogP contribution is 2.41. The molecular weight excluding hydrogens is 1350 g/mol. The number of aliphatic hydroxyl groups excluding tert-OH is 16. The van der Waals surface area contributed by atoms with E-state index in [1.165, 1.54) is 76.1 Å². The van der Waals surface area contributed by atoms with Crippen LogP contribution in [0.2, 0.25) is 0 Å². The minimum Gasteiger partial charge on any atom is -0.544 e. The molecule has 0 aliphatic carbocycles. The van der Waals surface area contributed by atoms with E-state index in [1.807, 2.05) is 0 Å². The summed E-state index contributed by atoms with van der Waals surface area (Å²) in [6, 6.07) is 0.110. The monoisotopic (exact) mass is 1460 g/mol. The van der Waals surface area contributed by atoms with Gasteiger partial charge in [-0.2, -0.15) is 0 Å². The van der Waals surface area contributed by atoms with Crippen molar-refractivity contribution in [2.45, 2.75) is 301 Å². The third-order valence-corrected chi connectivity index (χ3v) is 18.4. The Morgan fingerprint density at radius 2 is 1.11 bits per heavy atom. The van der Waals surface area contributed by atoms with E-state index < -0.39 is 241 Å². The van der Waals surface area contributed by atoms with E-state index in [2.05, 4.69) is 27.9 Å². The second-order valence-electron chi connectivity index (χ2n) is 26.1. The molecule has 0 spiro atoms. The van der Waals surface area contributed by atoms with Gasteiger partial charge < -0.3 is 161 Å². The first-order chi connectivity index (χ1) is 47.8. The number of unbranched alkanes of at least 4 members (excludes halogenated alkanes) is 14. The number of amides is 3. The van der Waals surface area contributed by atoms with Crippen LogP contribution in [0.5, 0.6) is 0 Å². The van der Waals surface area contributed by atoms with Gasteiger partial charge in [-0.25, -0.2) is 0 Å². The first-order valence-corrected chi connectivity index (χ1v) is 34.5. The summed E-state index contributed by atoms with van der Waals surface area (Å²) >= 11 is 0. The number of aliphatic hydroxyl groups is 16. The topological polar surface area (TPSA) is 593 Å². The molecule has 0 aromatic carbocycles. The van der Waals surface area contributed by atoms with Gasteiger partial charge in [0, 0.05) is 32.9 Å². The standard InChI is InChI=1S/C65H108N4O31.H3N/c1-4-5-6-7-8-9-10-11-12-13-14-15-16-17-18-22-44(80)69-36(37(77)24-23-35-21-19-20-25-66-35)32-91-61-53(87)51(85)55(42(30-73)94-61)96-63-54(88)59(100-65(64(89)90)26-38(78)45(67-33(2)75)58(99-65)47(81)39(79)27-70)56(43(31-74)95-63)97-60-46(68-34(3)76)57(49(83)41(29-72)92-60)98-62-52(86)50(84)48(82)40(28-71)93-62;/h19-21,23-25,36-43,45-63,70-74,77-79,81-88H,4-18,22,26-32H2,1-3H3,(H,67,75)(H,68,76)(H,69,80)(H,89,90);1H3/b24-23+;/t36-,37+,38-,39+,40+,41+,42+,43+,45?,46+,47+,48-,49-,50-,51+,52+,53+,54+,55+,56-,57+,58?,59+,60-,61+,62-,63-,65-;/m0./s1. The molecule has 6 heterocycles. The Morgan fingerprint density at radius 3 is 1.66 bits per heavy atom. The number of aromatic nitrogens is 1. The molecule has 36 heteroatoms. The van der Waals surface area contributed by atoms with Crippen LogP contribution in [0.25, 0.3) is 6.08 Å². The van der Waals surface area contributed by atoms with E-state index in [9.17, 15) is 106 Å². The smallest absolute Gasteiger partial charge is 0.220 e. The number of aliphatic carboxylic acids is 1. The van der Waals surface area contributed by atoms with Crippen LogP contribution in [0.15, 0.2) is 30.5 Å². The molecule has 5 aliphatic heterocycles. The number of carbonyl (C=O) groups excluding carboxylic acids is 4.